The molecule has 1 atom stereocenters. The van der Waals surface area contributed by atoms with Crippen LogP contribution < -0.4 is 26.0 Å². The molecular weight excluding hydrogens is 531 g/mol. The van der Waals surface area contributed by atoms with Crippen molar-refractivity contribution >= 4 is 31.2 Å². The summed E-state index contributed by atoms with van der Waals surface area (Å²) in [7, 11) is -3.42. The maximum absolute atomic E-state index is 12.4. The van der Waals surface area contributed by atoms with Crippen molar-refractivity contribution in [1.82, 2.24) is 21.3 Å². The van der Waals surface area contributed by atoms with Gasteiger partial charge in [0.1, 0.15) is 5.75 Å². The second-order valence-electron chi connectivity index (χ2n) is 8.67. The van der Waals surface area contributed by atoms with Crippen LogP contribution in [0.25, 0.3) is 0 Å². The monoisotopic (exact) mass is 572 g/mol. The highest BCUT2D eigenvalue weighted by molar-refractivity contribution is 7.51. The maximum Gasteiger partial charge on any atom is 0.325 e. The molecule has 0 aliphatic rings. The third-order valence-electron chi connectivity index (χ3n) is 5.02. The first-order chi connectivity index (χ1) is 18.6. The van der Waals surface area contributed by atoms with Gasteiger partial charge in [0.05, 0.1) is 19.8 Å². The highest BCUT2D eigenvalue weighted by Crippen LogP contribution is 2.36. The largest absolute Gasteiger partial charge is 0.484 e. The van der Waals surface area contributed by atoms with Crippen LogP contribution in [0.2, 0.25) is 0 Å². The van der Waals surface area contributed by atoms with Gasteiger partial charge in [-0.3, -0.25) is 23.7 Å². The minimum atomic E-state index is -3.42. The molecule has 0 bridgehead atoms. The number of unbranched alkanes of at least 4 members (excludes halogenated alkanes) is 3. The first-order valence-corrected chi connectivity index (χ1v) is 14.9. The van der Waals surface area contributed by atoms with Crippen LogP contribution in [0.1, 0.15) is 49.4 Å². The number of nitrogens with one attached hydrogen (secondary N) is 4. The molecule has 0 aliphatic heterocycles. The van der Waals surface area contributed by atoms with Gasteiger partial charge in [0.25, 0.3) is 11.8 Å². The molecule has 1 unspecified atom stereocenters. The summed E-state index contributed by atoms with van der Waals surface area (Å²) in [5.74, 6) is -0.564. The molecule has 0 spiro atoms. The van der Waals surface area contributed by atoms with Gasteiger partial charge in [0.2, 0.25) is 11.8 Å². The van der Waals surface area contributed by atoms with E-state index in [1.807, 2.05) is 0 Å². The van der Waals surface area contributed by atoms with Crippen LogP contribution in [0.3, 0.4) is 0 Å². The van der Waals surface area contributed by atoms with E-state index in [4.69, 9.17) is 18.9 Å². The summed E-state index contributed by atoms with van der Waals surface area (Å²) in [6.07, 6.45) is 3.29. The van der Waals surface area contributed by atoms with Crippen LogP contribution in [-0.2, 0) is 28.2 Å². The number of ether oxygens (including phenoxy) is 2. The molecule has 0 aromatic heterocycles. The van der Waals surface area contributed by atoms with E-state index in [2.05, 4.69) is 21.3 Å². The molecule has 1 aromatic rings. The van der Waals surface area contributed by atoms with Crippen molar-refractivity contribution in [3.63, 3.8) is 0 Å². The Balaban J connectivity index is 2.13. The van der Waals surface area contributed by atoms with Crippen LogP contribution in [0.15, 0.2) is 24.3 Å². The van der Waals surface area contributed by atoms with Gasteiger partial charge in [-0.1, -0.05) is 18.9 Å². The zero-order valence-electron chi connectivity index (χ0n) is 22.7. The minimum Gasteiger partial charge on any atom is -0.484 e. The summed E-state index contributed by atoms with van der Waals surface area (Å²) in [6.45, 7) is 4.46. The Morgan fingerprint density at radius 2 is 1.56 bits per heavy atom. The highest BCUT2D eigenvalue weighted by Gasteiger charge is 2.10. The third kappa shape index (κ3) is 19.7. The fourth-order valence-electron chi connectivity index (χ4n) is 3.10. The molecule has 0 fully saturated rings. The molecule has 220 valence electrons. The lowest BCUT2D eigenvalue weighted by atomic mass is 10.2. The molecule has 1 aromatic carbocycles. The Hall–Kier alpha value is -2.99. The van der Waals surface area contributed by atoms with Gasteiger partial charge in [-0.05, 0) is 31.0 Å². The summed E-state index contributed by atoms with van der Waals surface area (Å²) in [5.41, 5.74) is 0.413. The number of rotatable bonds is 21. The van der Waals surface area contributed by atoms with Gasteiger partial charge < -0.3 is 40.2 Å². The fraction of sp³-hybridized carbons (Fsp3) is 0.600. The summed E-state index contributed by atoms with van der Waals surface area (Å²) >= 11 is 0. The summed E-state index contributed by atoms with van der Waals surface area (Å²) in [5, 5.41) is 10.7. The lowest BCUT2D eigenvalue weighted by Gasteiger charge is -2.10. The topological polar surface area (TPSA) is 181 Å². The van der Waals surface area contributed by atoms with E-state index in [0.29, 0.717) is 37.4 Å². The molecule has 4 amide bonds. The molecule has 0 aliphatic carbocycles. The van der Waals surface area contributed by atoms with E-state index >= 15 is 0 Å². The molecule has 5 N–H and O–H groups in total. The average molecular weight is 573 g/mol. The van der Waals surface area contributed by atoms with Crippen molar-refractivity contribution < 1.29 is 42.6 Å². The molecule has 1 rings (SSSR count). The van der Waals surface area contributed by atoms with E-state index < -0.39 is 7.60 Å². The average Bonchev–Trinajstić information content (AvgIpc) is 2.88. The van der Waals surface area contributed by atoms with Crippen molar-refractivity contribution in [3.05, 3.63) is 29.8 Å². The minimum absolute atomic E-state index is 0.157. The smallest absolute Gasteiger partial charge is 0.325 e. The van der Waals surface area contributed by atoms with E-state index in [1.165, 1.54) is 6.92 Å². The first-order valence-electron chi connectivity index (χ1n) is 12.9. The van der Waals surface area contributed by atoms with Crippen LogP contribution >= 0.6 is 7.60 Å². The van der Waals surface area contributed by atoms with Gasteiger partial charge in [0.15, 0.2) is 6.61 Å². The number of carbonyl (C=O) groups excluding carboxylic acids is 4. The molecular formula is C25H41N4O9P. The van der Waals surface area contributed by atoms with Gasteiger partial charge in [-0.25, -0.2) is 0 Å². The van der Waals surface area contributed by atoms with Crippen LogP contribution in [0.4, 0.5) is 0 Å². The van der Waals surface area contributed by atoms with E-state index in [9.17, 15) is 23.7 Å². The van der Waals surface area contributed by atoms with E-state index in [-0.39, 0.29) is 63.0 Å². The zero-order chi connectivity index (χ0) is 28.9. The van der Waals surface area contributed by atoms with Crippen LogP contribution in [0, 0.1) is 0 Å². The number of amides is 4. The van der Waals surface area contributed by atoms with Gasteiger partial charge in [0, 0.05) is 51.8 Å². The molecule has 0 heterocycles. The Labute approximate surface area is 229 Å². The van der Waals surface area contributed by atoms with Crippen LogP contribution in [0.5, 0.6) is 5.75 Å². The molecule has 0 radical (unpaired) electrons. The lowest BCUT2D eigenvalue weighted by Crippen LogP contribution is -2.34. The Kier molecular flexibility index (Phi) is 17.4. The van der Waals surface area contributed by atoms with E-state index in [0.717, 1.165) is 25.9 Å². The molecule has 13 nitrogen and oxygen atoms in total. The SMILES string of the molecule is CC(=O)NCCNC(=O)CCOCCNC(=O)COc1cccc(C(=O)NCCCCCCOP(C)(=O)O)c1. The normalized spacial score (nSPS) is 12.2. The molecule has 0 saturated carbocycles. The lowest BCUT2D eigenvalue weighted by molar-refractivity contribution is -0.124. The Bertz CT molecular complexity index is 955. The van der Waals surface area contributed by atoms with Crippen molar-refractivity contribution in [1.29, 1.82) is 0 Å². The standard InChI is InChI=1S/C25H41N4O9P/c1-20(30)26-12-13-27-23(31)10-16-36-17-14-28-24(32)19-37-22-9-7-8-21(18-22)25(33)29-11-5-3-4-6-15-38-39(2,34)35/h7-9,18H,3-6,10-17,19H2,1-2H3,(H,26,30)(H,27,31)(H,28,32)(H,29,33)(H,34,35). The predicted molar refractivity (Wildman–Crippen MR) is 145 cm³/mol. The molecule has 14 heteroatoms. The Morgan fingerprint density at radius 3 is 2.31 bits per heavy atom. The van der Waals surface area contributed by atoms with Crippen molar-refractivity contribution in [2.45, 2.75) is 39.0 Å². The number of hydrogen-bond acceptors (Lipinski definition) is 8. The summed E-state index contributed by atoms with van der Waals surface area (Å²) in [6, 6.07) is 6.53. The van der Waals surface area contributed by atoms with Crippen LogP contribution in [-0.4, -0.2) is 87.8 Å². The predicted octanol–water partition coefficient (Wildman–Crippen LogP) is 0.963. The number of benzene rings is 1. The molecule has 39 heavy (non-hydrogen) atoms. The van der Waals surface area contributed by atoms with Gasteiger partial charge >= 0.3 is 7.60 Å². The van der Waals surface area contributed by atoms with Crippen molar-refractivity contribution in [3.8, 4) is 5.75 Å². The highest BCUT2D eigenvalue weighted by atomic mass is 31.2. The number of carbonyl (C=O) groups is 4. The maximum atomic E-state index is 12.4. The fourth-order valence-corrected chi connectivity index (χ4v) is 3.57. The quantitative estimate of drug-likeness (QED) is 0.106. The second kappa shape index (κ2) is 20.0. The van der Waals surface area contributed by atoms with Crippen molar-refractivity contribution in [2.24, 2.45) is 0 Å². The number of hydrogen-bond donors (Lipinski definition) is 5. The van der Waals surface area contributed by atoms with E-state index in [1.54, 1.807) is 24.3 Å². The van der Waals surface area contributed by atoms with Crippen molar-refractivity contribution in [2.75, 3.05) is 59.3 Å². The summed E-state index contributed by atoms with van der Waals surface area (Å²) < 4.78 is 26.6. The van der Waals surface area contributed by atoms with Gasteiger partial charge in [-0.15, -0.1) is 0 Å². The molecule has 0 saturated heterocycles. The van der Waals surface area contributed by atoms with Gasteiger partial charge in [-0.2, -0.15) is 0 Å². The summed E-state index contributed by atoms with van der Waals surface area (Å²) in [4.78, 5) is 55.8. The zero-order valence-corrected chi connectivity index (χ0v) is 23.6. The Morgan fingerprint density at radius 1 is 0.846 bits per heavy atom. The second-order valence-corrected chi connectivity index (χ2v) is 10.5. The third-order valence-corrected chi connectivity index (χ3v) is 5.68. The first kappa shape index (κ1) is 34.0.